The van der Waals surface area contributed by atoms with Gasteiger partial charge in [0.15, 0.2) is 11.5 Å². The fraction of sp³-hybridized carbons (Fsp3) is 0.286. The van der Waals surface area contributed by atoms with Crippen molar-refractivity contribution in [3.05, 3.63) is 44.6 Å². The number of halogens is 1. The molecule has 2 rings (SSSR count). The number of ether oxygens (including phenoxy) is 2. The highest BCUT2D eigenvalue weighted by atomic mass is 79.9. The molecule has 2 aromatic rings. The summed E-state index contributed by atoms with van der Waals surface area (Å²) in [6.45, 7) is 0. The highest BCUT2D eigenvalue weighted by Crippen LogP contribution is 2.35. The van der Waals surface area contributed by atoms with Crippen LogP contribution in [0.4, 0.5) is 0 Å². The fourth-order valence-corrected chi connectivity index (χ4v) is 3.50. The van der Waals surface area contributed by atoms with Crippen molar-refractivity contribution < 1.29 is 9.47 Å². The topological polar surface area (TPSA) is 44.5 Å². The zero-order valence-corrected chi connectivity index (χ0v) is 13.3. The van der Waals surface area contributed by atoms with E-state index in [4.69, 9.17) is 15.2 Å². The molecule has 2 N–H and O–H groups in total. The van der Waals surface area contributed by atoms with Gasteiger partial charge in [0.25, 0.3) is 0 Å². The summed E-state index contributed by atoms with van der Waals surface area (Å²) in [6, 6.07) is 7.76. The summed E-state index contributed by atoms with van der Waals surface area (Å²) in [5, 5.41) is 2.06. The number of para-hydroxylation sites is 1. The van der Waals surface area contributed by atoms with E-state index >= 15 is 0 Å². The standard InChI is InChI=1S/C14H16BrNO2S/c1-17-13-5-3-4-11(14(13)18-2)12(16)7-10-6-9(15)8-19-10/h3-6,8,12H,7,16H2,1-2H3. The van der Waals surface area contributed by atoms with Crippen molar-refractivity contribution in [3.63, 3.8) is 0 Å². The Labute approximate surface area is 125 Å². The van der Waals surface area contributed by atoms with Crippen LogP contribution in [0.2, 0.25) is 0 Å². The van der Waals surface area contributed by atoms with Gasteiger partial charge in [0.2, 0.25) is 0 Å². The van der Waals surface area contributed by atoms with Crippen LogP contribution in [0, 0.1) is 0 Å². The lowest BCUT2D eigenvalue weighted by molar-refractivity contribution is 0.349. The van der Waals surface area contributed by atoms with Crippen molar-refractivity contribution in [2.75, 3.05) is 14.2 Å². The van der Waals surface area contributed by atoms with E-state index in [1.54, 1.807) is 25.6 Å². The first kappa shape index (κ1) is 14.4. The molecule has 0 saturated carbocycles. The molecule has 0 aliphatic heterocycles. The monoisotopic (exact) mass is 341 g/mol. The predicted molar refractivity (Wildman–Crippen MR) is 82.2 cm³/mol. The Morgan fingerprint density at radius 3 is 2.68 bits per heavy atom. The molecular formula is C14H16BrNO2S. The van der Waals surface area contributed by atoms with Crippen molar-refractivity contribution in [2.24, 2.45) is 5.73 Å². The van der Waals surface area contributed by atoms with Gasteiger partial charge in [0, 0.05) is 32.8 Å². The van der Waals surface area contributed by atoms with E-state index < -0.39 is 0 Å². The molecular weight excluding hydrogens is 326 g/mol. The third-order valence-electron chi connectivity index (χ3n) is 2.88. The van der Waals surface area contributed by atoms with Crippen LogP contribution in [0.1, 0.15) is 16.5 Å². The van der Waals surface area contributed by atoms with Crippen LogP contribution in [0.25, 0.3) is 0 Å². The average molecular weight is 342 g/mol. The van der Waals surface area contributed by atoms with Gasteiger partial charge in [-0.3, -0.25) is 0 Å². The highest BCUT2D eigenvalue weighted by Gasteiger charge is 2.16. The summed E-state index contributed by atoms with van der Waals surface area (Å²) in [5.74, 6) is 1.43. The molecule has 1 heterocycles. The van der Waals surface area contributed by atoms with Crippen LogP contribution >= 0.6 is 27.3 Å². The van der Waals surface area contributed by atoms with Gasteiger partial charge >= 0.3 is 0 Å². The van der Waals surface area contributed by atoms with Crippen molar-refractivity contribution >= 4 is 27.3 Å². The molecule has 0 spiro atoms. The largest absolute Gasteiger partial charge is 0.493 e. The quantitative estimate of drug-likeness (QED) is 0.900. The van der Waals surface area contributed by atoms with E-state index in [-0.39, 0.29) is 6.04 Å². The minimum atomic E-state index is -0.115. The molecule has 1 aromatic heterocycles. The first-order valence-corrected chi connectivity index (χ1v) is 7.52. The molecule has 5 heteroatoms. The number of rotatable bonds is 5. The molecule has 3 nitrogen and oxygen atoms in total. The second-order valence-corrected chi connectivity index (χ2v) is 6.04. The second kappa shape index (κ2) is 6.41. The Kier molecular flexibility index (Phi) is 4.85. The second-order valence-electron chi connectivity index (χ2n) is 4.12. The minimum Gasteiger partial charge on any atom is -0.493 e. The number of benzene rings is 1. The lowest BCUT2D eigenvalue weighted by Gasteiger charge is -2.17. The molecule has 0 saturated heterocycles. The van der Waals surface area contributed by atoms with Gasteiger partial charge in [-0.25, -0.2) is 0 Å². The Hall–Kier alpha value is -1.04. The summed E-state index contributed by atoms with van der Waals surface area (Å²) in [6.07, 6.45) is 0.778. The lowest BCUT2D eigenvalue weighted by Crippen LogP contribution is -2.14. The molecule has 1 aromatic carbocycles. The van der Waals surface area contributed by atoms with E-state index in [1.807, 2.05) is 18.2 Å². The Bertz CT molecular complexity index is 556. The van der Waals surface area contributed by atoms with E-state index in [0.29, 0.717) is 11.5 Å². The molecule has 19 heavy (non-hydrogen) atoms. The third-order valence-corrected chi connectivity index (χ3v) is 4.60. The molecule has 1 atom stereocenters. The number of hydrogen-bond donors (Lipinski definition) is 1. The van der Waals surface area contributed by atoms with Crippen LogP contribution in [0.15, 0.2) is 34.1 Å². The molecule has 0 fully saturated rings. The van der Waals surface area contributed by atoms with Crippen LogP contribution in [-0.4, -0.2) is 14.2 Å². The van der Waals surface area contributed by atoms with E-state index in [2.05, 4.69) is 27.4 Å². The van der Waals surface area contributed by atoms with E-state index in [0.717, 1.165) is 16.5 Å². The maximum Gasteiger partial charge on any atom is 0.165 e. The highest BCUT2D eigenvalue weighted by molar-refractivity contribution is 9.10. The van der Waals surface area contributed by atoms with Gasteiger partial charge in [0.05, 0.1) is 14.2 Å². The molecule has 0 aliphatic carbocycles. The van der Waals surface area contributed by atoms with E-state index in [1.165, 1.54) is 4.88 Å². The number of hydrogen-bond acceptors (Lipinski definition) is 4. The fourth-order valence-electron chi connectivity index (χ4n) is 1.99. The third kappa shape index (κ3) is 3.29. The van der Waals surface area contributed by atoms with Gasteiger partial charge in [-0.2, -0.15) is 0 Å². The Balaban J connectivity index is 2.25. The Morgan fingerprint density at radius 2 is 2.11 bits per heavy atom. The number of nitrogens with two attached hydrogens (primary N) is 1. The van der Waals surface area contributed by atoms with Gasteiger partial charge < -0.3 is 15.2 Å². The van der Waals surface area contributed by atoms with Gasteiger partial charge in [-0.15, -0.1) is 11.3 Å². The summed E-state index contributed by atoms with van der Waals surface area (Å²) in [5.41, 5.74) is 7.26. The average Bonchev–Trinajstić information content (AvgIpc) is 2.82. The lowest BCUT2D eigenvalue weighted by atomic mass is 10.0. The molecule has 0 aliphatic rings. The van der Waals surface area contributed by atoms with Crippen molar-refractivity contribution in [2.45, 2.75) is 12.5 Å². The van der Waals surface area contributed by atoms with Crippen molar-refractivity contribution in [1.29, 1.82) is 0 Å². The normalized spacial score (nSPS) is 12.2. The summed E-state index contributed by atoms with van der Waals surface area (Å²) < 4.78 is 11.8. The summed E-state index contributed by atoms with van der Waals surface area (Å²) >= 11 is 5.15. The van der Waals surface area contributed by atoms with Crippen LogP contribution in [-0.2, 0) is 6.42 Å². The van der Waals surface area contributed by atoms with Gasteiger partial charge in [-0.05, 0) is 28.1 Å². The zero-order valence-electron chi connectivity index (χ0n) is 10.9. The smallest absolute Gasteiger partial charge is 0.165 e. The van der Waals surface area contributed by atoms with Crippen molar-refractivity contribution in [1.82, 2.24) is 0 Å². The SMILES string of the molecule is COc1cccc(C(N)Cc2cc(Br)cs2)c1OC. The molecule has 0 amide bonds. The van der Waals surface area contributed by atoms with Crippen LogP contribution < -0.4 is 15.2 Å². The minimum absolute atomic E-state index is 0.115. The molecule has 0 bridgehead atoms. The number of methoxy groups -OCH3 is 2. The maximum atomic E-state index is 6.29. The molecule has 0 radical (unpaired) electrons. The van der Waals surface area contributed by atoms with Gasteiger partial charge in [0.1, 0.15) is 0 Å². The molecule has 102 valence electrons. The van der Waals surface area contributed by atoms with E-state index in [9.17, 15) is 0 Å². The Morgan fingerprint density at radius 1 is 1.32 bits per heavy atom. The maximum absolute atomic E-state index is 6.29. The predicted octanol–water partition coefficient (Wildman–Crippen LogP) is 3.77. The van der Waals surface area contributed by atoms with Gasteiger partial charge in [-0.1, -0.05) is 12.1 Å². The molecule has 1 unspecified atom stereocenters. The van der Waals surface area contributed by atoms with Crippen LogP contribution in [0.5, 0.6) is 11.5 Å². The zero-order chi connectivity index (χ0) is 13.8. The first-order chi connectivity index (χ1) is 9.15. The number of thiophene rings is 1. The summed E-state index contributed by atoms with van der Waals surface area (Å²) in [4.78, 5) is 1.24. The summed E-state index contributed by atoms with van der Waals surface area (Å²) in [7, 11) is 3.26. The van der Waals surface area contributed by atoms with Crippen molar-refractivity contribution in [3.8, 4) is 11.5 Å². The van der Waals surface area contributed by atoms with Crippen LogP contribution in [0.3, 0.4) is 0 Å². The first-order valence-electron chi connectivity index (χ1n) is 5.85.